The van der Waals surface area contributed by atoms with Gasteiger partial charge >= 0.3 is 0 Å². The molecule has 0 aromatic rings. The van der Waals surface area contributed by atoms with Crippen LogP contribution in [0, 0.1) is 5.92 Å². The fourth-order valence-corrected chi connectivity index (χ4v) is 2.75. The zero-order chi connectivity index (χ0) is 15.0. The summed E-state index contributed by atoms with van der Waals surface area (Å²) in [5, 5.41) is 3.51. The molecule has 0 radical (unpaired) electrons. The quantitative estimate of drug-likeness (QED) is 0.802. The van der Waals surface area contributed by atoms with Crippen LogP contribution in [0.3, 0.4) is 0 Å². The number of amidine groups is 1. The molecule has 2 aliphatic heterocycles. The van der Waals surface area contributed by atoms with E-state index in [1.165, 1.54) is 5.70 Å². The smallest absolute Gasteiger partial charge is 0.105 e. The molecule has 1 saturated heterocycles. The summed E-state index contributed by atoms with van der Waals surface area (Å²) < 4.78 is 5.78. The number of hydrogen-bond donors (Lipinski definition) is 1. The Morgan fingerprint density at radius 1 is 1.40 bits per heavy atom. The number of hydrogen-bond acceptors (Lipinski definition) is 4. The van der Waals surface area contributed by atoms with Crippen LogP contribution in [0.5, 0.6) is 0 Å². The number of allylic oxidation sites excluding steroid dienone is 1. The van der Waals surface area contributed by atoms with Crippen molar-refractivity contribution in [2.75, 3.05) is 19.7 Å². The molecule has 0 aliphatic carbocycles. The van der Waals surface area contributed by atoms with Crippen molar-refractivity contribution in [3.05, 3.63) is 11.9 Å². The Bertz CT molecular complexity index is 418. The number of aliphatic imine (C=N–C) groups is 1. The van der Waals surface area contributed by atoms with Crippen LogP contribution in [0.25, 0.3) is 0 Å². The Kier molecular flexibility index (Phi) is 4.14. The van der Waals surface area contributed by atoms with Crippen LogP contribution in [0.4, 0.5) is 0 Å². The third-order valence-corrected chi connectivity index (χ3v) is 3.67. The highest BCUT2D eigenvalue weighted by atomic mass is 16.5. The Labute approximate surface area is 123 Å². The number of ether oxygens (including phenoxy) is 1. The summed E-state index contributed by atoms with van der Waals surface area (Å²) >= 11 is 0. The van der Waals surface area contributed by atoms with Crippen LogP contribution >= 0.6 is 0 Å². The van der Waals surface area contributed by atoms with E-state index in [1.54, 1.807) is 0 Å². The van der Waals surface area contributed by atoms with Gasteiger partial charge in [0.25, 0.3) is 0 Å². The van der Waals surface area contributed by atoms with Crippen LogP contribution in [-0.4, -0.2) is 41.6 Å². The average Bonchev–Trinajstić information content (AvgIpc) is 2.29. The van der Waals surface area contributed by atoms with Crippen molar-refractivity contribution in [2.24, 2.45) is 10.9 Å². The van der Waals surface area contributed by atoms with Gasteiger partial charge in [0.1, 0.15) is 5.84 Å². The molecule has 0 amide bonds. The molecule has 114 valence electrons. The molecule has 1 N–H and O–H groups in total. The Hall–Kier alpha value is -1.03. The molecular weight excluding hydrogens is 250 g/mol. The molecule has 2 heterocycles. The Balaban J connectivity index is 2.08. The molecule has 4 nitrogen and oxygen atoms in total. The first-order valence-electron chi connectivity index (χ1n) is 7.60. The second kappa shape index (κ2) is 5.40. The zero-order valence-corrected chi connectivity index (χ0v) is 13.8. The fraction of sp³-hybridized carbons (Fsp3) is 0.812. The molecule has 0 spiro atoms. The molecule has 0 aromatic heterocycles. The van der Waals surface area contributed by atoms with E-state index in [4.69, 9.17) is 4.74 Å². The first kappa shape index (κ1) is 15.4. The molecule has 1 unspecified atom stereocenters. The molecule has 4 heteroatoms. The molecular formula is C16H29N3O. The van der Waals surface area contributed by atoms with E-state index >= 15 is 0 Å². The molecule has 1 fully saturated rings. The highest BCUT2D eigenvalue weighted by Gasteiger charge is 2.30. The summed E-state index contributed by atoms with van der Waals surface area (Å²) in [5.74, 6) is 1.55. The maximum absolute atomic E-state index is 5.78. The van der Waals surface area contributed by atoms with Crippen LogP contribution in [0.15, 0.2) is 16.9 Å². The third kappa shape index (κ3) is 3.98. The minimum Gasteiger partial charge on any atom is -0.372 e. The molecule has 0 saturated carbocycles. The maximum Gasteiger partial charge on any atom is 0.105 e. The van der Waals surface area contributed by atoms with Gasteiger partial charge in [-0.1, -0.05) is 6.92 Å². The van der Waals surface area contributed by atoms with Gasteiger partial charge in [0.2, 0.25) is 0 Å². The lowest BCUT2D eigenvalue weighted by atomic mass is 9.97. The molecule has 2 aliphatic rings. The Morgan fingerprint density at radius 3 is 2.65 bits per heavy atom. The van der Waals surface area contributed by atoms with Gasteiger partial charge in [-0.15, -0.1) is 0 Å². The van der Waals surface area contributed by atoms with Gasteiger partial charge in [0, 0.05) is 36.4 Å². The summed E-state index contributed by atoms with van der Waals surface area (Å²) in [6.07, 6.45) is 3.09. The van der Waals surface area contributed by atoms with E-state index in [2.05, 4.69) is 56.8 Å². The lowest BCUT2D eigenvalue weighted by molar-refractivity contribution is -0.0777. The van der Waals surface area contributed by atoms with Crippen LogP contribution in [-0.2, 0) is 4.74 Å². The fourth-order valence-electron chi connectivity index (χ4n) is 2.75. The van der Waals surface area contributed by atoms with Crippen molar-refractivity contribution in [1.82, 2.24) is 10.2 Å². The van der Waals surface area contributed by atoms with Crippen molar-refractivity contribution in [3.8, 4) is 0 Å². The topological polar surface area (TPSA) is 36.9 Å². The van der Waals surface area contributed by atoms with Crippen molar-refractivity contribution < 1.29 is 4.74 Å². The summed E-state index contributed by atoms with van der Waals surface area (Å²) in [4.78, 5) is 7.09. The lowest BCUT2D eigenvalue weighted by Crippen LogP contribution is -2.49. The van der Waals surface area contributed by atoms with E-state index in [9.17, 15) is 0 Å². The largest absolute Gasteiger partial charge is 0.372 e. The van der Waals surface area contributed by atoms with Gasteiger partial charge in [-0.05, 0) is 41.0 Å². The summed E-state index contributed by atoms with van der Waals surface area (Å²) in [5.41, 5.74) is 1.35. The SMILES string of the molecule is CC1CC(N2CCOC(C)(C)C2)=CN=C1NC(C)(C)C. The number of nitrogens with zero attached hydrogens (tertiary/aromatic N) is 2. The third-order valence-electron chi connectivity index (χ3n) is 3.67. The van der Waals surface area contributed by atoms with E-state index in [0.717, 1.165) is 32.0 Å². The van der Waals surface area contributed by atoms with Gasteiger partial charge in [-0.2, -0.15) is 0 Å². The zero-order valence-electron chi connectivity index (χ0n) is 13.8. The molecule has 0 bridgehead atoms. The summed E-state index contributed by atoms with van der Waals surface area (Å²) in [7, 11) is 0. The number of nitrogens with one attached hydrogen (secondary N) is 1. The second-order valence-corrected chi connectivity index (χ2v) is 7.64. The summed E-state index contributed by atoms with van der Waals surface area (Å²) in [6.45, 7) is 15.8. The first-order chi connectivity index (χ1) is 9.16. The highest BCUT2D eigenvalue weighted by molar-refractivity contribution is 5.86. The van der Waals surface area contributed by atoms with E-state index < -0.39 is 0 Å². The van der Waals surface area contributed by atoms with E-state index in [1.807, 2.05) is 6.20 Å². The first-order valence-corrected chi connectivity index (χ1v) is 7.60. The van der Waals surface area contributed by atoms with E-state index in [0.29, 0.717) is 5.92 Å². The van der Waals surface area contributed by atoms with Gasteiger partial charge in [-0.3, -0.25) is 0 Å². The Morgan fingerprint density at radius 2 is 2.10 bits per heavy atom. The van der Waals surface area contributed by atoms with Crippen LogP contribution < -0.4 is 5.32 Å². The predicted octanol–water partition coefficient (Wildman–Crippen LogP) is 2.77. The van der Waals surface area contributed by atoms with Crippen LogP contribution in [0.2, 0.25) is 0 Å². The maximum atomic E-state index is 5.78. The van der Waals surface area contributed by atoms with Crippen molar-refractivity contribution in [1.29, 1.82) is 0 Å². The normalized spacial score (nSPS) is 26.9. The molecule has 0 aromatic carbocycles. The van der Waals surface area contributed by atoms with Crippen molar-refractivity contribution >= 4 is 5.84 Å². The molecule has 2 rings (SSSR count). The van der Waals surface area contributed by atoms with E-state index in [-0.39, 0.29) is 11.1 Å². The minimum atomic E-state index is -0.0595. The molecule has 20 heavy (non-hydrogen) atoms. The lowest BCUT2D eigenvalue weighted by Gasteiger charge is -2.41. The standard InChI is InChI=1S/C16H29N3O/c1-12-9-13(10-17-14(12)18-15(2,3)4)19-7-8-20-16(5,6)11-19/h10,12H,7-9,11H2,1-6H3,(H,17,18). The van der Waals surface area contributed by atoms with Crippen LogP contribution in [0.1, 0.15) is 48.0 Å². The minimum absolute atomic E-state index is 0.0595. The van der Waals surface area contributed by atoms with Gasteiger partial charge in [-0.25, -0.2) is 4.99 Å². The van der Waals surface area contributed by atoms with Crippen molar-refractivity contribution in [2.45, 2.75) is 59.1 Å². The monoisotopic (exact) mass is 279 g/mol. The molecule has 1 atom stereocenters. The van der Waals surface area contributed by atoms with Gasteiger partial charge < -0.3 is 15.0 Å². The number of morpholine rings is 1. The predicted molar refractivity (Wildman–Crippen MR) is 83.8 cm³/mol. The average molecular weight is 279 g/mol. The summed E-state index contributed by atoms with van der Waals surface area (Å²) in [6, 6.07) is 0. The second-order valence-electron chi connectivity index (χ2n) is 7.64. The van der Waals surface area contributed by atoms with Gasteiger partial charge in [0.05, 0.1) is 12.2 Å². The highest BCUT2D eigenvalue weighted by Crippen LogP contribution is 2.26. The van der Waals surface area contributed by atoms with Gasteiger partial charge in [0.15, 0.2) is 0 Å². The van der Waals surface area contributed by atoms with Crippen molar-refractivity contribution in [3.63, 3.8) is 0 Å². The number of rotatable bonds is 1.